The second-order valence-electron chi connectivity index (χ2n) is 5.53. The Labute approximate surface area is 153 Å². The van der Waals surface area contributed by atoms with Gasteiger partial charge in [-0.3, -0.25) is 0 Å². The number of ether oxygens (including phenoxy) is 4. The first-order chi connectivity index (χ1) is 12.3. The lowest BCUT2D eigenvalue weighted by atomic mass is 10.3. The molecule has 0 aromatic carbocycles. The molecule has 0 aliphatic rings. The van der Waals surface area contributed by atoms with Crippen molar-refractivity contribution in [1.29, 1.82) is 0 Å². The summed E-state index contributed by atoms with van der Waals surface area (Å²) in [6.45, 7) is 7.15. The van der Waals surface area contributed by atoms with Gasteiger partial charge in [-0.1, -0.05) is 26.7 Å². The molecule has 0 saturated heterocycles. The molecule has 0 N–H and O–H groups in total. The summed E-state index contributed by atoms with van der Waals surface area (Å²) in [5.74, 6) is -3.13. The van der Waals surface area contributed by atoms with Crippen LogP contribution in [0.15, 0.2) is 12.2 Å². The molecule has 0 spiro atoms. The summed E-state index contributed by atoms with van der Waals surface area (Å²) in [5.41, 5.74) is 0. The molecular formula is C18H28O8. The van der Waals surface area contributed by atoms with Crippen molar-refractivity contribution in [2.75, 3.05) is 13.2 Å². The van der Waals surface area contributed by atoms with Gasteiger partial charge in [0.15, 0.2) is 12.2 Å². The van der Waals surface area contributed by atoms with Gasteiger partial charge in [0.2, 0.25) is 0 Å². The van der Waals surface area contributed by atoms with Gasteiger partial charge in [-0.25, -0.2) is 19.2 Å². The molecule has 0 aliphatic carbocycles. The van der Waals surface area contributed by atoms with Crippen molar-refractivity contribution in [2.45, 2.75) is 65.6 Å². The zero-order valence-corrected chi connectivity index (χ0v) is 15.8. The standard InChI is InChI=1S/C18H28O8/c1-5-7-11-23-17(21)13(3)25-15(19)9-10-16(20)26-14(4)18(22)24-12-8-6-2/h9-10,13-14H,5-8,11-12H2,1-4H3/b10-9-/t13-,14+. The van der Waals surface area contributed by atoms with Crippen molar-refractivity contribution in [3.05, 3.63) is 12.2 Å². The Bertz CT molecular complexity index is 453. The van der Waals surface area contributed by atoms with Gasteiger partial charge >= 0.3 is 23.9 Å². The minimum absolute atomic E-state index is 0.256. The Morgan fingerprint density at radius 1 is 0.731 bits per heavy atom. The van der Waals surface area contributed by atoms with E-state index in [1.807, 2.05) is 13.8 Å². The Morgan fingerprint density at radius 2 is 1.08 bits per heavy atom. The van der Waals surface area contributed by atoms with Crippen molar-refractivity contribution in [3.8, 4) is 0 Å². The van der Waals surface area contributed by atoms with Crippen molar-refractivity contribution in [3.63, 3.8) is 0 Å². The van der Waals surface area contributed by atoms with E-state index in [0.29, 0.717) is 0 Å². The molecule has 0 rings (SSSR count). The van der Waals surface area contributed by atoms with Crippen LogP contribution >= 0.6 is 0 Å². The third-order valence-electron chi connectivity index (χ3n) is 3.09. The molecule has 0 amide bonds. The second kappa shape index (κ2) is 13.9. The zero-order valence-electron chi connectivity index (χ0n) is 15.8. The van der Waals surface area contributed by atoms with Crippen LogP contribution < -0.4 is 0 Å². The third-order valence-corrected chi connectivity index (χ3v) is 3.09. The van der Waals surface area contributed by atoms with Crippen LogP contribution in [0.5, 0.6) is 0 Å². The first-order valence-corrected chi connectivity index (χ1v) is 8.74. The Hall–Kier alpha value is -2.38. The van der Waals surface area contributed by atoms with Crippen LogP contribution in [0, 0.1) is 0 Å². The molecular weight excluding hydrogens is 344 g/mol. The quantitative estimate of drug-likeness (QED) is 0.222. The van der Waals surface area contributed by atoms with Crippen LogP contribution in [-0.2, 0) is 38.1 Å². The largest absolute Gasteiger partial charge is 0.463 e. The molecule has 0 unspecified atom stereocenters. The van der Waals surface area contributed by atoms with Crippen LogP contribution in [-0.4, -0.2) is 49.3 Å². The highest BCUT2D eigenvalue weighted by Crippen LogP contribution is 2.01. The van der Waals surface area contributed by atoms with Crippen LogP contribution in [0.4, 0.5) is 0 Å². The zero-order chi connectivity index (χ0) is 19.9. The van der Waals surface area contributed by atoms with Crippen LogP contribution in [0.3, 0.4) is 0 Å². The predicted molar refractivity (Wildman–Crippen MR) is 92.0 cm³/mol. The van der Waals surface area contributed by atoms with Crippen molar-refractivity contribution >= 4 is 23.9 Å². The highest BCUT2D eigenvalue weighted by atomic mass is 16.6. The number of esters is 4. The predicted octanol–water partition coefficient (Wildman–Crippen LogP) is 2.09. The monoisotopic (exact) mass is 372 g/mol. The first kappa shape index (κ1) is 23.6. The molecule has 0 aliphatic heterocycles. The van der Waals surface area contributed by atoms with E-state index in [0.717, 1.165) is 37.8 Å². The lowest BCUT2D eigenvalue weighted by Crippen LogP contribution is -2.27. The van der Waals surface area contributed by atoms with E-state index in [4.69, 9.17) is 18.9 Å². The number of hydrogen-bond acceptors (Lipinski definition) is 8. The summed E-state index contributed by atoms with van der Waals surface area (Å²) in [6, 6.07) is 0. The van der Waals surface area contributed by atoms with E-state index in [1.165, 1.54) is 13.8 Å². The lowest BCUT2D eigenvalue weighted by molar-refractivity contribution is -0.164. The molecule has 0 bridgehead atoms. The molecule has 0 saturated carbocycles. The molecule has 0 aromatic heterocycles. The average molecular weight is 372 g/mol. The number of carbonyl (C=O) groups is 4. The summed E-state index contributed by atoms with van der Waals surface area (Å²) in [4.78, 5) is 46.2. The minimum Gasteiger partial charge on any atom is -0.463 e. The normalized spacial score (nSPS) is 12.9. The Kier molecular flexibility index (Phi) is 12.6. The number of carbonyl (C=O) groups excluding carboxylic acids is 4. The van der Waals surface area contributed by atoms with Crippen LogP contribution in [0.2, 0.25) is 0 Å². The molecule has 0 fully saturated rings. The Morgan fingerprint density at radius 3 is 1.38 bits per heavy atom. The topological polar surface area (TPSA) is 105 Å². The van der Waals surface area contributed by atoms with Crippen molar-refractivity contribution < 1.29 is 38.1 Å². The van der Waals surface area contributed by atoms with Gasteiger partial charge in [0.25, 0.3) is 0 Å². The van der Waals surface area contributed by atoms with Gasteiger partial charge < -0.3 is 18.9 Å². The van der Waals surface area contributed by atoms with E-state index in [9.17, 15) is 19.2 Å². The molecule has 8 heteroatoms. The van der Waals surface area contributed by atoms with E-state index in [1.54, 1.807) is 0 Å². The van der Waals surface area contributed by atoms with Gasteiger partial charge in [-0.15, -0.1) is 0 Å². The summed E-state index contributed by atoms with van der Waals surface area (Å²) in [7, 11) is 0. The van der Waals surface area contributed by atoms with Gasteiger partial charge in [0.05, 0.1) is 13.2 Å². The van der Waals surface area contributed by atoms with Crippen molar-refractivity contribution in [2.24, 2.45) is 0 Å². The maximum atomic E-state index is 11.6. The number of unbranched alkanes of at least 4 members (excludes halogenated alkanes) is 2. The maximum absolute atomic E-state index is 11.6. The SMILES string of the molecule is CCCCOC(=O)[C@H](C)OC(=O)/C=C\C(=O)O[C@H](C)C(=O)OCCCC. The number of rotatable bonds is 12. The lowest BCUT2D eigenvalue weighted by Gasteiger charge is -2.12. The fraction of sp³-hybridized carbons (Fsp3) is 0.667. The fourth-order valence-electron chi connectivity index (χ4n) is 1.53. The summed E-state index contributed by atoms with van der Waals surface area (Å²) >= 11 is 0. The molecule has 26 heavy (non-hydrogen) atoms. The molecule has 0 heterocycles. The highest BCUT2D eigenvalue weighted by Gasteiger charge is 2.20. The van der Waals surface area contributed by atoms with Gasteiger partial charge in [0.1, 0.15) is 0 Å². The first-order valence-electron chi connectivity index (χ1n) is 8.74. The third kappa shape index (κ3) is 11.2. The molecule has 0 radical (unpaired) electrons. The average Bonchev–Trinajstić information content (AvgIpc) is 2.60. The highest BCUT2D eigenvalue weighted by molar-refractivity contribution is 5.93. The van der Waals surface area contributed by atoms with E-state index < -0.39 is 36.1 Å². The molecule has 8 nitrogen and oxygen atoms in total. The minimum atomic E-state index is -1.09. The van der Waals surface area contributed by atoms with Crippen molar-refractivity contribution in [1.82, 2.24) is 0 Å². The van der Waals surface area contributed by atoms with Gasteiger partial charge in [-0.2, -0.15) is 0 Å². The maximum Gasteiger partial charge on any atom is 0.347 e. The second-order valence-corrected chi connectivity index (χ2v) is 5.53. The van der Waals surface area contributed by atoms with E-state index in [-0.39, 0.29) is 13.2 Å². The number of hydrogen-bond donors (Lipinski definition) is 0. The van der Waals surface area contributed by atoms with Crippen LogP contribution in [0.1, 0.15) is 53.4 Å². The molecule has 2 atom stereocenters. The van der Waals surface area contributed by atoms with E-state index >= 15 is 0 Å². The van der Waals surface area contributed by atoms with Crippen LogP contribution in [0.25, 0.3) is 0 Å². The Balaban J connectivity index is 4.23. The summed E-state index contributed by atoms with van der Waals surface area (Å²) < 4.78 is 19.4. The van der Waals surface area contributed by atoms with Gasteiger partial charge in [-0.05, 0) is 26.7 Å². The van der Waals surface area contributed by atoms with E-state index in [2.05, 4.69) is 0 Å². The molecule has 0 aromatic rings. The fourth-order valence-corrected chi connectivity index (χ4v) is 1.53. The summed E-state index contributed by atoms with van der Waals surface area (Å²) in [5, 5.41) is 0. The van der Waals surface area contributed by atoms with Gasteiger partial charge in [0, 0.05) is 12.2 Å². The summed E-state index contributed by atoms with van der Waals surface area (Å²) in [6.07, 6.45) is 2.63. The molecule has 148 valence electrons. The smallest absolute Gasteiger partial charge is 0.347 e.